The fourth-order valence-electron chi connectivity index (χ4n) is 4.34. The molecule has 0 radical (unpaired) electrons. The second-order valence-electron chi connectivity index (χ2n) is 8.33. The lowest BCUT2D eigenvalue weighted by Crippen LogP contribution is -2.01. The van der Waals surface area contributed by atoms with Crippen LogP contribution in [0.4, 0.5) is 0 Å². The van der Waals surface area contributed by atoms with E-state index in [9.17, 15) is 0 Å². The van der Waals surface area contributed by atoms with E-state index in [-0.39, 0.29) is 0 Å². The van der Waals surface area contributed by atoms with E-state index in [4.69, 9.17) is 0 Å². The van der Waals surface area contributed by atoms with Gasteiger partial charge in [0.05, 0.1) is 0 Å². The summed E-state index contributed by atoms with van der Waals surface area (Å²) in [6, 6.07) is 21.4. The third-order valence-electron chi connectivity index (χ3n) is 6.17. The molecule has 2 aromatic carbocycles. The van der Waals surface area contributed by atoms with Gasteiger partial charge < -0.3 is 0 Å². The zero-order chi connectivity index (χ0) is 20.1. The summed E-state index contributed by atoms with van der Waals surface area (Å²) in [6.07, 6.45) is 14.8. The molecule has 0 N–H and O–H groups in total. The Morgan fingerprint density at radius 1 is 0.931 bits per heavy atom. The van der Waals surface area contributed by atoms with Crippen LogP contribution in [0.5, 0.6) is 0 Å². The average molecular weight is 379 g/mol. The molecule has 0 saturated carbocycles. The van der Waals surface area contributed by atoms with Crippen LogP contribution in [0.3, 0.4) is 0 Å². The molecule has 1 unspecified atom stereocenters. The predicted molar refractivity (Wildman–Crippen MR) is 126 cm³/mol. The molecular weight excluding hydrogens is 348 g/mol. The zero-order valence-electron chi connectivity index (χ0n) is 17.4. The van der Waals surface area contributed by atoms with Gasteiger partial charge in [0.2, 0.25) is 0 Å². The first-order valence-electron chi connectivity index (χ1n) is 10.7. The Morgan fingerprint density at radius 3 is 2.38 bits per heavy atom. The average Bonchev–Trinajstić information content (AvgIpc) is 3.36. The van der Waals surface area contributed by atoms with Gasteiger partial charge >= 0.3 is 0 Å². The van der Waals surface area contributed by atoms with Crippen molar-refractivity contribution in [3.05, 3.63) is 125 Å². The Balaban J connectivity index is 1.27. The molecule has 0 amide bonds. The highest BCUT2D eigenvalue weighted by Crippen LogP contribution is 2.37. The molecule has 2 aliphatic carbocycles. The third-order valence-corrected chi connectivity index (χ3v) is 6.17. The number of hydrogen-bond donors (Lipinski definition) is 0. The Kier molecular flexibility index (Phi) is 6.10. The van der Waals surface area contributed by atoms with Crippen molar-refractivity contribution in [2.75, 3.05) is 0 Å². The molecule has 0 spiro atoms. The molecule has 146 valence electrons. The van der Waals surface area contributed by atoms with Crippen molar-refractivity contribution in [1.82, 2.24) is 0 Å². The van der Waals surface area contributed by atoms with Crippen LogP contribution in [0.15, 0.2) is 114 Å². The minimum Gasteiger partial charge on any atom is -0.0995 e. The van der Waals surface area contributed by atoms with Crippen LogP contribution in [0.1, 0.15) is 43.7 Å². The van der Waals surface area contributed by atoms with E-state index in [2.05, 4.69) is 98.5 Å². The van der Waals surface area contributed by atoms with Crippen LogP contribution < -0.4 is 0 Å². The summed E-state index contributed by atoms with van der Waals surface area (Å²) in [6.45, 7) is 6.68. The van der Waals surface area contributed by atoms with Crippen molar-refractivity contribution in [1.29, 1.82) is 0 Å². The largest absolute Gasteiger partial charge is 0.0995 e. The molecule has 1 atom stereocenters. The van der Waals surface area contributed by atoms with Gasteiger partial charge in [-0.05, 0) is 54.7 Å². The summed E-state index contributed by atoms with van der Waals surface area (Å²) in [5.41, 5.74) is 10.0. The SMILES string of the molecule is C=C(CCC1=CC=C(CC2=CC(c3ccccc3)=CC2)C1C)Cc1ccccc1. The van der Waals surface area contributed by atoms with Crippen LogP contribution in [0.2, 0.25) is 0 Å². The Hall–Kier alpha value is -2.86. The first kappa shape index (κ1) is 19.5. The highest BCUT2D eigenvalue weighted by atomic mass is 14.3. The molecule has 0 saturated heterocycles. The van der Waals surface area contributed by atoms with Crippen molar-refractivity contribution in [2.45, 2.75) is 39.0 Å². The zero-order valence-corrected chi connectivity index (χ0v) is 17.4. The highest BCUT2D eigenvalue weighted by molar-refractivity contribution is 5.77. The Labute approximate surface area is 175 Å². The number of rotatable bonds is 8. The summed E-state index contributed by atoms with van der Waals surface area (Å²) in [5, 5.41) is 0. The molecule has 4 rings (SSSR count). The van der Waals surface area contributed by atoms with Crippen LogP contribution in [-0.2, 0) is 6.42 Å². The maximum atomic E-state index is 4.32. The minimum atomic E-state index is 0.557. The molecule has 0 aromatic heterocycles. The van der Waals surface area contributed by atoms with Crippen LogP contribution >= 0.6 is 0 Å². The monoisotopic (exact) mass is 378 g/mol. The van der Waals surface area contributed by atoms with E-state index in [0.717, 1.165) is 32.1 Å². The topological polar surface area (TPSA) is 0 Å². The molecule has 0 fully saturated rings. The van der Waals surface area contributed by atoms with Crippen molar-refractivity contribution in [2.24, 2.45) is 5.92 Å². The van der Waals surface area contributed by atoms with E-state index in [1.165, 1.54) is 27.8 Å². The highest BCUT2D eigenvalue weighted by Gasteiger charge is 2.20. The molecule has 0 aliphatic heterocycles. The first-order chi connectivity index (χ1) is 14.2. The molecule has 0 heterocycles. The van der Waals surface area contributed by atoms with Crippen molar-refractivity contribution in [3.8, 4) is 0 Å². The molecule has 29 heavy (non-hydrogen) atoms. The van der Waals surface area contributed by atoms with Gasteiger partial charge in [-0.25, -0.2) is 0 Å². The summed E-state index contributed by atoms with van der Waals surface area (Å²) < 4.78 is 0. The normalized spacial score (nSPS) is 18.2. The summed E-state index contributed by atoms with van der Waals surface area (Å²) in [5.74, 6) is 0.557. The van der Waals surface area contributed by atoms with Gasteiger partial charge in [-0.1, -0.05) is 121 Å². The molecule has 2 aromatic rings. The number of hydrogen-bond acceptors (Lipinski definition) is 0. The smallest absolute Gasteiger partial charge is 0.00119 e. The lowest BCUT2D eigenvalue weighted by Gasteiger charge is -2.16. The second kappa shape index (κ2) is 9.09. The molecule has 0 nitrogen and oxygen atoms in total. The summed E-state index contributed by atoms with van der Waals surface area (Å²) in [4.78, 5) is 0. The lowest BCUT2D eigenvalue weighted by atomic mass is 9.89. The standard InChI is InChI=1S/C29H30/c1-22(19-24-9-5-3-6-10-24)13-15-26-17-18-28(23(26)2)20-25-14-16-29(21-25)27-11-7-4-8-12-27/h3-12,16-18,21,23H,1,13-15,19-20H2,2H3. The maximum Gasteiger partial charge on any atom is -0.00119 e. The van der Waals surface area contributed by atoms with Gasteiger partial charge in [0, 0.05) is 0 Å². The predicted octanol–water partition coefficient (Wildman–Crippen LogP) is 7.87. The number of benzene rings is 2. The molecule has 2 aliphatic rings. The summed E-state index contributed by atoms with van der Waals surface area (Å²) in [7, 11) is 0. The minimum absolute atomic E-state index is 0.557. The first-order valence-corrected chi connectivity index (χ1v) is 10.7. The van der Waals surface area contributed by atoms with E-state index in [1.54, 1.807) is 11.1 Å². The lowest BCUT2D eigenvalue weighted by molar-refractivity contribution is 0.723. The third kappa shape index (κ3) is 4.95. The van der Waals surface area contributed by atoms with Gasteiger partial charge in [-0.3, -0.25) is 0 Å². The Morgan fingerprint density at radius 2 is 1.62 bits per heavy atom. The van der Waals surface area contributed by atoms with E-state index in [0.29, 0.717) is 5.92 Å². The fourth-order valence-corrected chi connectivity index (χ4v) is 4.34. The number of allylic oxidation sites excluding steroid dienone is 9. The quantitative estimate of drug-likeness (QED) is 0.410. The van der Waals surface area contributed by atoms with Crippen molar-refractivity contribution in [3.63, 3.8) is 0 Å². The van der Waals surface area contributed by atoms with Gasteiger partial charge in [-0.15, -0.1) is 0 Å². The van der Waals surface area contributed by atoms with E-state index < -0.39 is 0 Å². The van der Waals surface area contributed by atoms with Gasteiger partial charge in [0.1, 0.15) is 0 Å². The van der Waals surface area contributed by atoms with Crippen LogP contribution in [0, 0.1) is 5.92 Å². The molecule has 0 bridgehead atoms. The van der Waals surface area contributed by atoms with Gasteiger partial charge in [0.25, 0.3) is 0 Å². The van der Waals surface area contributed by atoms with Gasteiger partial charge in [0.15, 0.2) is 0 Å². The van der Waals surface area contributed by atoms with Gasteiger partial charge in [-0.2, -0.15) is 0 Å². The van der Waals surface area contributed by atoms with E-state index >= 15 is 0 Å². The Bertz CT molecular complexity index is 981. The summed E-state index contributed by atoms with van der Waals surface area (Å²) >= 11 is 0. The molecule has 0 heteroatoms. The van der Waals surface area contributed by atoms with E-state index in [1.807, 2.05) is 0 Å². The molecular formula is C29H30. The fraction of sp³-hybridized carbons (Fsp3) is 0.241. The van der Waals surface area contributed by atoms with Crippen molar-refractivity contribution < 1.29 is 0 Å². The van der Waals surface area contributed by atoms with Crippen molar-refractivity contribution >= 4 is 5.57 Å². The van der Waals surface area contributed by atoms with Crippen LogP contribution in [-0.4, -0.2) is 0 Å². The second-order valence-corrected chi connectivity index (χ2v) is 8.33. The maximum absolute atomic E-state index is 4.32. The van der Waals surface area contributed by atoms with Crippen LogP contribution in [0.25, 0.3) is 5.57 Å².